The normalized spacial score (nSPS) is 41.7. The zero-order valence-corrected chi connectivity index (χ0v) is 13.5. The predicted molar refractivity (Wildman–Crippen MR) is 83.1 cm³/mol. The van der Waals surface area contributed by atoms with Crippen LogP contribution in [0, 0.1) is 17.8 Å². The third-order valence-corrected chi connectivity index (χ3v) is 5.91. The highest BCUT2D eigenvalue weighted by Gasteiger charge is 2.47. The van der Waals surface area contributed by atoms with Crippen molar-refractivity contribution >= 4 is 0 Å². The van der Waals surface area contributed by atoms with Gasteiger partial charge in [-0.1, -0.05) is 33.6 Å². The fourth-order valence-corrected chi connectivity index (χ4v) is 4.84. The van der Waals surface area contributed by atoms with Gasteiger partial charge >= 0.3 is 0 Å². The molecule has 2 aliphatic rings. The van der Waals surface area contributed by atoms with Crippen molar-refractivity contribution in [1.29, 1.82) is 0 Å². The van der Waals surface area contributed by atoms with Crippen LogP contribution in [0.25, 0.3) is 0 Å². The van der Waals surface area contributed by atoms with Crippen LogP contribution in [0.4, 0.5) is 0 Å². The van der Waals surface area contributed by atoms with E-state index in [1.54, 1.807) is 0 Å². The molecule has 1 saturated heterocycles. The van der Waals surface area contributed by atoms with Crippen LogP contribution < -0.4 is 5.73 Å². The Bertz CT molecular complexity index is 289. The Balaban J connectivity index is 2.27. The summed E-state index contributed by atoms with van der Waals surface area (Å²) in [6, 6.07) is 0.721. The van der Waals surface area contributed by atoms with Crippen LogP contribution in [0.2, 0.25) is 0 Å². The number of likely N-dealkylation sites (tertiary alicyclic amines) is 1. The van der Waals surface area contributed by atoms with Crippen molar-refractivity contribution in [3.05, 3.63) is 0 Å². The molecule has 4 atom stereocenters. The van der Waals surface area contributed by atoms with Crippen LogP contribution >= 0.6 is 0 Å². The van der Waals surface area contributed by atoms with Crippen molar-refractivity contribution < 1.29 is 0 Å². The Labute approximate surface area is 120 Å². The third-order valence-electron chi connectivity index (χ3n) is 5.91. The SMILES string of the molecule is CC1CCC(C)N(C2(CN)CCCCC2C(C)C)C1. The minimum Gasteiger partial charge on any atom is -0.329 e. The maximum atomic E-state index is 6.36. The molecule has 0 aromatic rings. The van der Waals surface area contributed by atoms with Crippen LogP contribution in [0.15, 0.2) is 0 Å². The van der Waals surface area contributed by atoms with Gasteiger partial charge in [-0.3, -0.25) is 4.90 Å². The van der Waals surface area contributed by atoms with E-state index in [2.05, 4.69) is 32.6 Å². The number of nitrogens with two attached hydrogens (primary N) is 1. The zero-order chi connectivity index (χ0) is 14.0. The molecule has 0 aromatic heterocycles. The third kappa shape index (κ3) is 2.85. The smallest absolute Gasteiger partial charge is 0.0365 e. The minimum absolute atomic E-state index is 0.292. The van der Waals surface area contributed by atoms with Gasteiger partial charge in [-0.25, -0.2) is 0 Å². The fraction of sp³-hybridized carbons (Fsp3) is 1.00. The van der Waals surface area contributed by atoms with Gasteiger partial charge in [-0.15, -0.1) is 0 Å². The summed E-state index contributed by atoms with van der Waals surface area (Å²) in [6.07, 6.45) is 8.23. The summed E-state index contributed by atoms with van der Waals surface area (Å²) in [7, 11) is 0. The van der Waals surface area contributed by atoms with Gasteiger partial charge in [-0.05, 0) is 50.4 Å². The van der Waals surface area contributed by atoms with Gasteiger partial charge in [0.2, 0.25) is 0 Å². The minimum atomic E-state index is 0.292. The van der Waals surface area contributed by atoms with Gasteiger partial charge in [0.15, 0.2) is 0 Å². The highest BCUT2D eigenvalue weighted by atomic mass is 15.2. The summed E-state index contributed by atoms with van der Waals surface area (Å²) in [5.41, 5.74) is 6.66. The second-order valence-corrected chi connectivity index (χ2v) is 7.59. The van der Waals surface area contributed by atoms with Gasteiger partial charge in [-0.2, -0.15) is 0 Å². The summed E-state index contributed by atoms with van der Waals surface area (Å²) in [5, 5.41) is 0. The molecule has 2 rings (SSSR count). The van der Waals surface area contributed by atoms with E-state index in [9.17, 15) is 0 Å². The number of hydrogen-bond acceptors (Lipinski definition) is 2. The first-order chi connectivity index (χ1) is 9.01. The Morgan fingerprint density at radius 3 is 2.53 bits per heavy atom. The molecule has 2 fully saturated rings. The van der Waals surface area contributed by atoms with Gasteiger partial charge in [0.05, 0.1) is 0 Å². The molecule has 1 aliphatic carbocycles. The van der Waals surface area contributed by atoms with Crippen molar-refractivity contribution in [3.63, 3.8) is 0 Å². The number of piperidine rings is 1. The molecule has 2 heteroatoms. The summed E-state index contributed by atoms with van der Waals surface area (Å²) < 4.78 is 0. The standard InChI is InChI=1S/C17H34N2/c1-13(2)16-7-5-6-10-17(16,12-18)19-11-14(3)8-9-15(19)4/h13-16H,5-12,18H2,1-4H3. The molecule has 0 aromatic carbocycles. The quantitative estimate of drug-likeness (QED) is 0.845. The molecule has 0 radical (unpaired) electrons. The van der Waals surface area contributed by atoms with Crippen molar-refractivity contribution in [1.82, 2.24) is 4.90 Å². The molecule has 2 nitrogen and oxygen atoms in total. The Kier molecular flexibility index (Phi) is 4.94. The molecule has 2 N–H and O–H groups in total. The summed E-state index contributed by atoms with van der Waals surface area (Å²) in [4.78, 5) is 2.82. The van der Waals surface area contributed by atoms with Gasteiger partial charge in [0.25, 0.3) is 0 Å². The van der Waals surface area contributed by atoms with Gasteiger partial charge in [0, 0.05) is 24.7 Å². The molecular formula is C17H34N2. The lowest BCUT2D eigenvalue weighted by Crippen LogP contribution is -2.65. The predicted octanol–water partition coefficient (Wildman–Crippen LogP) is 3.65. The highest BCUT2D eigenvalue weighted by molar-refractivity contribution is 5.03. The molecule has 0 spiro atoms. The maximum absolute atomic E-state index is 6.36. The number of nitrogens with zero attached hydrogens (tertiary/aromatic N) is 1. The zero-order valence-electron chi connectivity index (χ0n) is 13.5. The van der Waals surface area contributed by atoms with E-state index in [1.165, 1.54) is 45.1 Å². The van der Waals surface area contributed by atoms with E-state index in [-0.39, 0.29) is 0 Å². The second kappa shape index (κ2) is 6.13. The first-order valence-electron chi connectivity index (χ1n) is 8.48. The molecule has 0 amide bonds. The average Bonchev–Trinajstić information content (AvgIpc) is 2.41. The average molecular weight is 266 g/mol. The van der Waals surface area contributed by atoms with Crippen LogP contribution in [0.1, 0.15) is 66.2 Å². The Hall–Kier alpha value is -0.0800. The molecule has 19 heavy (non-hydrogen) atoms. The van der Waals surface area contributed by atoms with Crippen molar-refractivity contribution in [3.8, 4) is 0 Å². The van der Waals surface area contributed by atoms with Crippen LogP contribution in [0.3, 0.4) is 0 Å². The topological polar surface area (TPSA) is 29.3 Å². The Morgan fingerprint density at radius 2 is 1.89 bits per heavy atom. The number of rotatable bonds is 3. The molecule has 0 bridgehead atoms. The van der Waals surface area contributed by atoms with Crippen LogP contribution in [-0.4, -0.2) is 29.6 Å². The highest BCUT2D eigenvalue weighted by Crippen LogP contribution is 2.44. The molecule has 1 aliphatic heterocycles. The fourth-order valence-electron chi connectivity index (χ4n) is 4.84. The second-order valence-electron chi connectivity index (χ2n) is 7.59. The van der Waals surface area contributed by atoms with Crippen molar-refractivity contribution in [2.24, 2.45) is 23.5 Å². The summed E-state index contributed by atoms with van der Waals surface area (Å²) in [5.74, 6) is 2.39. The summed E-state index contributed by atoms with van der Waals surface area (Å²) >= 11 is 0. The van der Waals surface area contributed by atoms with Gasteiger partial charge in [0.1, 0.15) is 0 Å². The summed E-state index contributed by atoms with van der Waals surface area (Å²) in [6.45, 7) is 11.8. The first-order valence-corrected chi connectivity index (χ1v) is 8.48. The monoisotopic (exact) mass is 266 g/mol. The van der Waals surface area contributed by atoms with Crippen LogP contribution in [0.5, 0.6) is 0 Å². The lowest BCUT2D eigenvalue weighted by molar-refractivity contribution is -0.0614. The van der Waals surface area contributed by atoms with E-state index in [4.69, 9.17) is 5.73 Å². The van der Waals surface area contributed by atoms with E-state index < -0.39 is 0 Å². The van der Waals surface area contributed by atoms with E-state index in [1.807, 2.05) is 0 Å². The molecule has 1 saturated carbocycles. The lowest BCUT2D eigenvalue weighted by Gasteiger charge is -2.57. The molecule has 112 valence electrons. The first kappa shape index (κ1) is 15.3. The maximum Gasteiger partial charge on any atom is 0.0365 e. The Morgan fingerprint density at radius 1 is 1.16 bits per heavy atom. The molecule has 1 heterocycles. The molecular weight excluding hydrogens is 232 g/mol. The van der Waals surface area contributed by atoms with Crippen molar-refractivity contribution in [2.45, 2.75) is 77.8 Å². The lowest BCUT2D eigenvalue weighted by atomic mass is 9.65. The van der Waals surface area contributed by atoms with E-state index in [0.717, 1.165) is 30.3 Å². The van der Waals surface area contributed by atoms with Gasteiger partial charge < -0.3 is 5.73 Å². The number of hydrogen-bond donors (Lipinski definition) is 1. The largest absolute Gasteiger partial charge is 0.329 e. The van der Waals surface area contributed by atoms with Crippen molar-refractivity contribution in [2.75, 3.05) is 13.1 Å². The van der Waals surface area contributed by atoms with E-state index >= 15 is 0 Å². The molecule has 4 unspecified atom stereocenters. The van der Waals surface area contributed by atoms with E-state index in [0.29, 0.717) is 5.54 Å². The van der Waals surface area contributed by atoms with Crippen LogP contribution in [-0.2, 0) is 0 Å².